The summed E-state index contributed by atoms with van der Waals surface area (Å²) in [5.41, 5.74) is 2.44. The first-order valence-corrected chi connectivity index (χ1v) is 13.0. The smallest absolute Gasteiger partial charge is 0.244 e. The van der Waals surface area contributed by atoms with Gasteiger partial charge in [0.2, 0.25) is 21.8 Å². The summed E-state index contributed by atoms with van der Waals surface area (Å²) in [6, 6.07) is 13.0. The van der Waals surface area contributed by atoms with Crippen molar-refractivity contribution >= 4 is 33.3 Å². The predicted octanol–water partition coefficient (Wildman–Crippen LogP) is 2.91. The molecule has 0 saturated carbocycles. The second kappa shape index (κ2) is 11.8. The maximum absolute atomic E-state index is 13.5. The maximum atomic E-state index is 13.5. The molecule has 0 fully saturated rings. The van der Waals surface area contributed by atoms with E-state index in [1.807, 2.05) is 31.2 Å². The van der Waals surface area contributed by atoms with Crippen molar-refractivity contribution in [2.45, 2.75) is 46.7 Å². The number of amides is 2. The highest BCUT2D eigenvalue weighted by Crippen LogP contribution is 2.21. The fourth-order valence-electron chi connectivity index (χ4n) is 3.60. The van der Waals surface area contributed by atoms with Gasteiger partial charge in [-0.25, -0.2) is 8.42 Å². The molecular formula is C25H33N3O5S. The highest BCUT2D eigenvalue weighted by atomic mass is 32.2. The van der Waals surface area contributed by atoms with E-state index in [0.717, 1.165) is 21.7 Å². The van der Waals surface area contributed by atoms with Gasteiger partial charge in [-0.15, -0.1) is 0 Å². The van der Waals surface area contributed by atoms with Crippen LogP contribution in [0.25, 0.3) is 0 Å². The van der Waals surface area contributed by atoms with Crippen molar-refractivity contribution in [3.8, 4) is 0 Å². The van der Waals surface area contributed by atoms with Gasteiger partial charge in [-0.2, -0.15) is 0 Å². The number of rotatable bonds is 11. The van der Waals surface area contributed by atoms with E-state index in [4.69, 9.17) is 0 Å². The van der Waals surface area contributed by atoms with Gasteiger partial charge >= 0.3 is 0 Å². The third kappa shape index (κ3) is 7.15. The summed E-state index contributed by atoms with van der Waals surface area (Å²) in [6.07, 6.45) is 1.37. The Hall–Kier alpha value is -3.20. The highest BCUT2D eigenvalue weighted by Gasteiger charge is 2.31. The largest absolute Gasteiger partial charge is 0.355 e. The van der Waals surface area contributed by atoms with Gasteiger partial charge in [0.05, 0.1) is 11.9 Å². The van der Waals surface area contributed by atoms with Crippen LogP contribution in [0.2, 0.25) is 0 Å². The molecule has 2 aromatic carbocycles. The van der Waals surface area contributed by atoms with Gasteiger partial charge in [0.25, 0.3) is 0 Å². The third-order valence-electron chi connectivity index (χ3n) is 5.43. The van der Waals surface area contributed by atoms with E-state index in [-0.39, 0.29) is 23.9 Å². The van der Waals surface area contributed by atoms with E-state index in [1.54, 1.807) is 26.0 Å². The lowest BCUT2D eigenvalue weighted by Crippen LogP contribution is -2.52. The number of hydrogen-bond donors (Lipinski definition) is 1. The van der Waals surface area contributed by atoms with Crippen LogP contribution in [-0.2, 0) is 26.2 Å². The van der Waals surface area contributed by atoms with E-state index >= 15 is 0 Å². The molecule has 0 saturated heterocycles. The first-order valence-electron chi connectivity index (χ1n) is 11.2. The Morgan fingerprint density at radius 3 is 2.21 bits per heavy atom. The Labute approximate surface area is 202 Å². The summed E-state index contributed by atoms with van der Waals surface area (Å²) >= 11 is 0. The van der Waals surface area contributed by atoms with Crippen molar-refractivity contribution in [3.63, 3.8) is 0 Å². The Bertz CT molecular complexity index is 1130. The molecule has 8 nitrogen and oxygen atoms in total. The topological polar surface area (TPSA) is 104 Å². The van der Waals surface area contributed by atoms with E-state index in [9.17, 15) is 22.8 Å². The zero-order chi connectivity index (χ0) is 25.5. The summed E-state index contributed by atoms with van der Waals surface area (Å²) in [6.45, 7) is 7.01. The summed E-state index contributed by atoms with van der Waals surface area (Å²) in [7, 11) is -3.86. The van der Waals surface area contributed by atoms with Crippen molar-refractivity contribution in [2.75, 3.05) is 23.7 Å². The molecule has 184 valence electrons. The van der Waals surface area contributed by atoms with Crippen molar-refractivity contribution in [1.82, 2.24) is 10.2 Å². The van der Waals surface area contributed by atoms with Crippen LogP contribution in [0.3, 0.4) is 0 Å². The summed E-state index contributed by atoms with van der Waals surface area (Å²) in [4.78, 5) is 39.5. The molecule has 1 N–H and O–H groups in total. The SMILES string of the molecule is CCNC(=O)[C@H](CC)N(Cc1ccc(C)cc1)C(=O)CN(c1cccc(C(C)=O)c1)S(C)(=O)=O. The van der Waals surface area contributed by atoms with Gasteiger partial charge in [0.1, 0.15) is 12.6 Å². The average Bonchev–Trinajstić information content (AvgIpc) is 2.78. The van der Waals surface area contributed by atoms with E-state index in [2.05, 4.69) is 5.32 Å². The molecule has 9 heteroatoms. The molecule has 0 aromatic heterocycles. The molecule has 34 heavy (non-hydrogen) atoms. The van der Waals surface area contributed by atoms with Crippen LogP contribution in [0.15, 0.2) is 48.5 Å². The van der Waals surface area contributed by atoms with Crippen LogP contribution >= 0.6 is 0 Å². The number of sulfonamides is 1. The lowest BCUT2D eigenvalue weighted by Gasteiger charge is -2.32. The zero-order valence-electron chi connectivity index (χ0n) is 20.4. The highest BCUT2D eigenvalue weighted by molar-refractivity contribution is 7.92. The number of ketones is 1. The Morgan fingerprint density at radius 1 is 1.03 bits per heavy atom. The number of likely N-dealkylation sites (N-methyl/N-ethyl adjacent to an activating group) is 1. The Morgan fingerprint density at radius 2 is 1.68 bits per heavy atom. The molecule has 0 heterocycles. The summed E-state index contributed by atoms with van der Waals surface area (Å²) in [5, 5.41) is 2.76. The molecule has 0 bridgehead atoms. The monoisotopic (exact) mass is 487 g/mol. The lowest BCUT2D eigenvalue weighted by atomic mass is 10.1. The molecule has 2 aromatic rings. The van der Waals surface area contributed by atoms with E-state index < -0.39 is 28.5 Å². The molecule has 0 radical (unpaired) electrons. The Kier molecular flexibility index (Phi) is 9.37. The van der Waals surface area contributed by atoms with Crippen molar-refractivity contribution in [2.24, 2.45) is 0 Å². The van der Waals surface area contributed by atoms with E-state index in [0.29, 0.717) is 18.5 Å². The van der Waals surface area contributed by atoms with Gasteiger partial charge in [0, 0.05) is 18.7 Å². The average molecular weight is 488 g/mol. The number of Topliss-reactive ketones (excluding diaryl/α,β-unsaturated/α-hetero) is 1. The molecule has 0 aliphatic rings. The van der Waals surface area contributed by atoms with Gasteiger partial charge in [0.15, 0.2) is 5.78 Å². The molecule has 1 atom stereocenters. The van der Waals surface area contributed by atoms with Crippen LogP contribution in [0.1, 0.15) is 48.7 Å². The number of nitrogens with one attached hydrogen (secondary N) is 1. The van der Waals surface area contributed by atoms with Gasteiger partial charge in [-0.3, -0.25) is 18.7 Å². The molecule has 0 aliphatic carbocycles. The van der Waals surface area contributed by atoms with Crippen molar-refractivity contribution in [3.05, 3.63) is 65.2 Å². The predicted molar refractivity (Wildman–Crippen MR) is 133 cm³/mol. The lowest BCUT2D eigenvalue weighted by molar-refractivity contribution is -0.140. The van der Waals surface area contributed by atoms with Crippen molar-refractivity contribution in [1.29, 1.82) is 0 Å². The number of hydrogen-bond acceptors (Lipinski definition) is 5. The van der Waals surface area contributed by atoms with Gasteiger partial charge < -0.3 is 10.2 Å². The molecule has 0 spiro atoms. The second-order valence-corrected chi connectivity index (χ2v) is 10.1. The van der Waals surface area contributed by atoms with Gasteiger partial charge in [-0.1, -0.05) is 48.9 Å². The molecule has 2 rings (SSSR count). The van der Waals surface area contributed by atoms with Gasteiger partial charge in [-0.05, 0) is 44.9 Å². The fourth-order valence-corrected chi connectivity index (χ4v) is 4.44. The standard InChI is InChI=1S/C25H33N3O5S/c1-6-23(25(31)26-7-2)27(16-20-13-11-18(3)12-14-20)24(30)17-28(34(5,32)33)22-10-8-9-21(15-22)19(4)29/h8-15,23H,6-7,16-17H2,1-5H3,(H,26,31)/t23-/m0/s1. The molecule has 0 unspecified atom stereocenters. The van der Waals surface area contributed by atoms with Crippen LogP contribution in [-0.4, -0.2) is 56.3 Å². The minimum Gasteiger partial charge on any atom is -0.355 e. The van der Waals surface area contributed by atoms with Crippen LogP contribution in [0.5, 0.6) is 0 Å². The maximum Gasteiger partial charge on any atom is 0.244 e. The normalized spacial score (nSPS) is 12.0. The minimum atomic E-state index is -3.86. The summed E-state index contributed by atoms with van der Waals surface area (Å²) < 4.78 is 26.2. The number of carbonyl (C=O) groups is 3. The molecule has 2 amide bonds. The fraction of sp³-hybridized carbons (Fsp3) is 0.400. The third-order valence-corrected chi connectivity index (χ3v) is 6.57. The zero-order valence-corrected chi connectivity index (χ0v) is 21.2. The number of benzene rings is 2. The number of aryl methyl sites for hydroxylation is 1. The number of nitrogens with zero attached hydrogens (tertiary/aromatic N) is 2. The quantitative estimate of drug-likeness (QED) is 0.491. The summed E-state index contributed by atoms with van der Waals surface area (Å²) in [5.74, 6) is -1.03. The second-order valence-electron chi connectivity index (χ2n) is 8.20. The number of carbonyl (C=O) groups excluding carboxylic acids is 3. The van der Waals surface area contributed by atoms with Crippen LogP contribution in [0.4, 0.5) is 5.69 Å². The Balaban J connectivity index is 2.45. The van der Waals surface area contributed by atoms with E-state index in [1.165, 1.54) is 24.0 Å². The van der Waals surface area contributed by atoms with Crippen LogP contribution in [0, 0.1) is 6.92 Å². The first-order chi connectivity index (χ1) is 16.0. The number of anilines is 1. The molecular weight excluding hydrogens is 454 g/mol. The molecule has 0 aliphatic heterocycles. The first kappa shape index (κ1) is 27.0. The minimum absolute atomic E-state index is 0.153. The van der Waals surface area contributed by atoms with Crippen molar-refractivity contribution < 1.29 is 22.8 Å². The van der Waals surface area contributed by atoms with Crippen LogP contribution < -0.4 is 9.62 Å².